The molecule has 3 rings (SSSR count). The first-order valence-corrected chi connectivity index (χ1v) is 10.0. The van der Waals surface area contributed by atoms with Crippen LogP contribution in [0.2, 0.25) is 0 Å². The van der Waals surface area contributed by atoms with Crippen LogP contribution in [0.3, 0.4) is 0 Å². The molecule has 166 valence electrons. The van der Waals surface area contributed by atoms with E-state index in [1.165, 1.54) is 25.3 Å². The van der Waals surface area contributed by atoms with Crippen LogP contribution in [-0.4, -0.2) is 42.9 Å². The van der Waals surface area contributed by atoms with Gasteiger partial charge in [-0.05, 0) is 26.8 Å². The molecule has 2 aliphatic rings. The molecule has 0 saturated heterocycles. The van der Waals surface area contributed by atoms with Gasteiger partial charge in [-0.2, -0.15) is 17.7 Å². The monoisotopic (exact) mass is 434 g/mol. The van der Waals surface area contributed by atoms with Gasteiger partial charge in [-0.15, -0.1) is 0 Å². The third-order valence-corrected chi connectivity index (χ3v) is 6.05. The van der Waals surface area contributed by atoms with Crippen LogP contribution in [0.25, 0.3) is 0 Å². The third-order valence-electron chi connectivity index (χ3n) is 6.05. The summed E-state index contributed by atoms with van der Waals surface area (Å²) >= 11 is 0. The van der Waals surface area contributed by atoms with Gasteiger partial charge in [0.1, 0.15) is 5.76 Å². The Hall–Kier alpha value is -2.67. The van der Waals surface area contributed by atoms with Crippen molar-refractivity contribution in [1.82, 2.24) is 0 Å². The number of hydrogen-bond donors (Lipinski definition) is 0. The van der Waals surface area contributed by atoms with Crippen molar-refractivity contribution in [3.05, 3.63) is 65.0 Å². The molecular formula is C24H27F3NO3+. The minimum absolute atomic E-state index is 0.0704. The number of Topliss-reactive ketones (excluding diaryl/α,β-unsaturated/α-hetero) is 1. The van der Waals surface area contributed by atoms with Crippen molar-refractivity contribution < 1.29 is 32.0 Å². The molecular weight excluding hydrogens is 407 g/mol. The second-order valence-electron chi connectivity index (χ2n) is 8.26. The number of hydrogen-bond acceptors (Lipinski definition) is 3. The first-order valence-electron chi connectivity index (χ1n) is 10.0. The van der Waals surface area contributed by atoms with Crippen LogP contribution in [0.1, 0.15) is 38.3 Å². The molecule has 0 bridgehead atoms. The standard InChI is InChI=1S/C24H27F3NO3/c1-7-16-21(29)17(22(16)31-6)13-20-23(3,4)18-9-8-15(24(25,26)27)12-19(18)28(20)11-10-14(2)30-5/h7-9,12-14H,1,10-11H2,2-6H3/q+1/b17-13-. The molecule has 0 N–H and O–H groups in total. The summed E-state index contributed by atoms with van der Waals surface area (Å²) in [6, 6.07) is 3.82. The van der Waals surface area contributed by atoms with Crippen molar-refractivity contribution >= 4 is 17.2 Å². The van der Waals surface area contributed by atoms with Gasteiger partial charge in [0.25, 0.3) is 0 Å². The van der Waals surface area contributed by atoms with E-state index < -0.39 is 17.2 Å². The third kappa shape index (κ3) is 3.87. The normalized spacial score (nSPS) is 20.1. The van der Waals surface area contributed by atoms with Gasteiger partial charge in [-0.25, -0.2) is 0 Å². The molecule has 1 aliphatic carbocycles. The highest BCUT2D eigenvalue weighted by atomic mass is 19.4. The van der Waals surface area contributed by atoms with Gasteiger partial charge >= 0.3 is 6.18 Å². The molecule has 0 aromatic heterocycles. The summed E-state index contributed by atoms with van der Waals surface area (Å²) in [7, 11) is 3.08. The number of halogens is 3. The summed E-state index contributed by atoms with van der Waals surface area (Å²) in [6.07, 6.45) is -0.724. The van der Waals surface area contributed by atoms with Crippen molar-refractivity contribution in [3.63, 3.8) is 0 Å². The van der Waals surface area contributed by atoms with E-state index >= 15 is 0 Å². The predicted octanol–water partition coefficient (Wildman–Crippen LogP) is 5.10. The minimum atomic E-state index is -4.44. The van der Waals surface area contributed by atoms with Gasteiger partial charge in [-0.3, -0.25) is 4.79 Å². The highest BCUT2D eigenvalue weighted by Crippen LogP contribution is 2.44. The van der Waals surface area contributed by atoms with Gasteiger partial charge < -0.3 is 9.47 Å². The molecule has 4 nitrogen and oxygen atoms in total. The fourth-order valence-electron chi connectivity index (χ4n) is 4.10. The van der Waals surface area contributed by atoms with Crippen molar-refractivity contribution in [3.8, 4) is 0 Å². The Labute approximate surface area is 180 Å². The zero-order chi connectivity index (χ0) is 23.1. The summed E-state index contributed by atoms with van der Waals surface area (Å²) < 4.78 is 52.8. The van der Waals surface area contributed by atoms with Crippen LogP contribution in [0.4, 0.5) is 18.9 Å². The van der Waals surface area contributed by atoms with E-state index in [-0.39, 0.29) is 11.9 Å². The number of carbonyl (C=O) groups excluding carboxylic acids is 1. The Morgan fingerprint density at radius 1 is 1.26 bits per heavy atom. The molecule has 1 aliphatic heterocycles. The van der Waals surface area contributed by atoms with Gasteiger partial charge in [0.2, 0.25) is 11.5 Å². The van der Waals surface area contributed by atoms with Crippen LogP contribution in [0.5, 0.6) is 0 Å². The highest BCUT2D eigenvalue weighted by Gasteiger charge is 2.47. The number of ether oxygens (including phenoxy) is 2. The first-order chi connectivity index (χ1) is 14.5. The maximum atomic E-state index is 13.4. The molecule has 0 fully saturated rings. The van der Waals surface area contributed by atoms with E-state index in [4.69, 9.17) is 9.47 Å². The number of fused-ring (bicyclic) bond motifs is 1. The molecule has 1 heterocycles. The Morgan fingerprint density at radius 2 is 1.94 bits per heavy atom. The van der Waals surface area contributed by atoms with E-state index in [2.05, 4.69) is 6.58 Å². The molecule has 1 atom stereocenters. The SMILES string of the molecule is C=CC1=C(OC)/C(=C\C2=[N+](CCC(C)OC)c3cc(C(F)(F)F)ccc3C2(C)C)C1=O. The van der Waals surface area contributed by atoms with E-state index in [0.29, 0.717) is 35.6 Å². The summed E-state index contributed by atoms with van der Waals surface area (Å²) in [5, 5.41) is 0. The van der Waals surface area contributed by atoms with Gasteiger partial charge in [-0.1, -0.05) is 18.7 Å². The number of carbonyl (C=O) groups is 1. The minimum Gasteiger partial charge on any atom is -0.495 e. The summed E-state index contributed by atoms with van der Waals surface area (Å²) in [5.74, 6) is 0.257. The van der Waals surface area contributed by atoms with E-state index in [9.17, 15) is 18.0 Å². The van der Waals surface area contributed by atoms with Crippen molar-refractivity contribution in [2.45, 2.75) is 44.9 Å². The van der Waals surface area contributed by atoms with Crippen LogP contribution in [0.15, 0.2) is 53.8 Å². The average molecular weight is 434 g/mol. The quantitative estimate of drug-likeness (QED) is 0.443. The van der Waals surface area contributed by atoms with Gasteiger partial charge in [0.05, 0.1) is 35.3 Å². The summed E-state index contributed by atoms with van der Waals surface area (Å²) in [4.78, 5) is 12.6. The Balaban J connectivity index is 2.20. The Morgan fingerprint density at radius 3 is 2.48 bits per heavy atom. The molecule has 1 aromatic rings. The van der Waals surface area contributed by atoms with Crippen LogP contribution in [-0.2, 0) is 25.9 Å². The Bertz CT molecular complexity index is 1030. The molecule has 1 unspecified atom stereocenters. The maximum Gasteiger partial charge on any atom is 0.416 e. The molecule has 0 saturated carbocycles. The van der Waals surface area contributed by atoms with Crippen LogP contribution < -0.4 is 0 Å². The highest BCUT2D eigenvalue weighted by molar-refractivity contribution is 6.24. The zero-order valence-electron chi connectivity index (χ0n) is 18.4. The number of alkyl halides is 3. The lowest BCUT2D eigenvalue weighted by Crippen LogP contribution is -2.31. The largest absolute Gasteiger partial charge is 0.495 e. The lowest BCUT2D eigenvalue weighted by atomic mass is 9.78. The van der Waals surface area contributed by atoms with Crippen molar-refractivity contribution in [2.75, 3.05) is 20.8 Å². The van der Waals surface area contributed by atoms with Crippen molar-refractivity contribution in [1.29, 1.82) is 0 Å². The number of benzene rings is 1. The van der Waals surface area contributed by atoms with Crippen LogP contribution in [0, 0.1) is 0 Å². The smallest absolute Gasteiger partial charge is 0.416 e. The second kappa shape index (κ2) is 8.11. The first kappa shape index (κ1) is 23.0. The molecule has 0 radical (unpaired) electrons. The predicted molar refractivity (Wildman–Crippen MR) is 113 cm³/mol. The topological polar surface area (TPSA) is 38.5 Å². The number of ketones is 1. The molecule has 7 heteroatoms. The zero-order valence-corrected chi connectivity index (χ0v) is 18.4. The van der Waals surface area contributed by atoms with E-state index in [1.807, 2.05) is 25.3 Å². The fraction of sp³-hybridized carbons (Fsp3) is 0.417. The Kier molecular flexibility index (Phi) is 6.02. The number of methoxy groups -OCH3 is 2. The molecule has 0 amide bonds. The van der Waals surface area contributed by atoms with Crippen LogP contribution >= 0.6 is 0 Å². The maximum absolute atomic E-state index is 13.4. The fourth-order valence-corrected chi connectivity index (χ4v) is 4.10. The molecule has 0 spiro atoms. The van der Waals surface area contributed by atoms with E-state index in [0.717, 1.165) is 17.3 Å². The van der Waals surface area contributed by atoms with Crippen molar-refractivity contribution in [2.24, 2.45) is 0 Å². The van der Waals surface area contributed by atoms with Gasteiger partial charge in [0.15, 0.2) is 12.3 Å². The lowest BCUT2D eigenvalue weighted by molar-refractivity contribution is -0.440. The summed E-state index contributed by atoms with van der Waals surface area (Å²) in [5.41, 5.74) is 1.50. The second-order valence-corrected chi connectivity index (χ2v) is 8.26. The number of rotatable bonds is 7. The number of allylic oxidation sites excluding steroid dienone is 4. The number of nitrogens with zero attached hydrogens (tertiary/aromatic N) is 1. The lowest BCUT2D eigenvalue weighted by Gasteiger charge is -2.23. The van der Waals surface area contributed by atoms with Gasteiger partial charge in [0, 0.05) is 31.2 Å². The molecule has 1 aromatic carbocycles. The summed E-state index contributed by atoms with van der Waals surface area (Å²) in [6.45, 7) is 9.88. The molecule has 31 heavy (non-hydrogen) atoms. The van der Waals surface area contributed by atoms with E-state index in [1.54, 1.807) is 13.2 Å². The average Bonchev–Trinajstić information content (AvgIpc) is 2.93.